The first-order valence-corrected chi connectivity index (χ1v) is 5.25. The highest BCUT2D eigenvalue weighted by molar-refractivity contribution is 6.01. The molecule has 1 saturated heterocycles. The zero-order valence-corrected chi connectivity index (χ0v) is 8.31. The van der Waals surface area contributed by atoms with E-state index >= 15 is 0 Å². The molecule has 2 bridgehead atoms. The minimum Gasteiger partial charge on any atom is -0.392 e. The van der Waals surface area contributed by atoms with Crippen LogP contribution in [0.5, 0.6) is 0 Å². The molecular formula is C12H12O3. The summed E-state index contributed by atoms with van der Waals surface area (Å²) in [6.45, 7) is 3.68. The molecule has 2 aliphatic carbocycles. The Morgan fingerprint density at radius 2 is 2.33 bits per heavy atom. The van der Waals surface area contributed by atoms with Crippen LogP contribution < -0.4 is 0 Å². The number of carbonyl (C=O) groups is 2. The summed E-state index contributed by atoms with van der Waals surface area (Å²) >= 11 is 0. The molecule has 3 nitrogen and oxygen atoms in total. The minimum absolute atomic E-state index is 0.171. The molecule has 1 aliphatic heterocycles. The molecule has 0 spiro atoms. The molecule has 0 aromatic rings. The zero-order valence-electron chi connectivity index (χ0n) is 8.31. The van der Waals surface area contributed by atoms with Crippen molar-refractivity contribution in [2.24, 2.45) is 23.2 Å². The first-order valence-electron chi connectivity index (χ1n) is 5.25. The molecule has 1 heterocycles. The molecule has 15 heavy (non-hydrogen) atoms. The topological polar surface area (TPSA) is 43.4 Å². The molecule has 0 radical (unpaired) electrons. The second-order valence-electron chi connectivity index (χ2n) is 4.61. The van der Waals surface area contributed by atoms with Crippen LogP contribution in [0.4, 0.5) is 0 Å². The third kappa shape index (κ3) is 0.822. The Kier molecular flexibility index (Phi) is 1.54. The Bertz CT molecular complexity index is 396. The van der Waals surface area contributed by atoms with Gasteiger partial charge in [0.15, 0.2) is 0 Å². The predicted octanol–water partition coefficient (Wildman–Crippen LogP) is 1.45. The van der Waals surface area contributed by atoms with Crippen LogP contribution in [0.2, 0.25) is 0 Å². The normalized spacial score (nSPS) is 45.7. The Morgan fingerprint density at radius 1 is 1.53 bits per heavy atom. The SMILES string of the molecule is C=CCC12C(=O)OC(=O)C1C1C=CC2C1. The highest BCUT2D eigenvalue weighted by Gasteiger charge is 2.68. The first kappa shape index (κ1) is 8.89. The van der Waals surface area contributed by atoms with Crippen LogP contribution >= 0.6 is 0 Å². The zero-order chi connectivity index (χ0) is 10.6. The van der Waals surface area contributed by atoms with Crippen molar-refractivity contribution in [2.45, 2.75) is 12.8 Å². The minimum atomic E-state index is -0.613. The molecule has 1 saturated carbocycles. The highest BCUT2D eigenvalue weighted by Crippen LogP contribution is 2.61. The quantitative estimate of drug-likeness (QED) is 0.388. The smallest absolute Gasteiger partial charge is 0.321 e. The molecule has 0 aromatic heterocycles. The fraction of sp³-hybridized carbons (Fsp3) is 0.500. The van der Waals surface area contributed by atoms with Crippen molar-refractivity contribution in [3.05, 3.63) is 24.8 Å². The van der Waals surface area contributed by atoms with Crippen LogP contribution in [0.1, 0.15) is 12.8 Å². The van der Waals surface area contributed by atoms with E-state index in [2.05, 4.69) is 18.7 Å². The average Bonchev–Trinajstić information content (AvgIpc) is 2.81. The van der Waals surface area contributed by atoms with E-state index in [-0.39, 0.29) is 29.7 Å². The molecule has 0 aromatic carbocycles. The number of hydrogen-bond donors (Lipinski definition) is 0. The van der Waals surface area contributed by atoms with Crippen LogP contribution in [0.15, 0.2) is 24.8 Å². The van der Waals surface area contributed by atoms with E-state index in [4.69, 9.17) is 4.74 Å². The summed E-state index contributed by atoms with van der Waals surface area (Å²) in [6.07, 6.45) is 7.30. The van der Waals surface area contributed by atoms with Crippen LogP contribution in [0, 0.1) is 23.2 Å². The van der Waals surface area contributed by atoms with Crippen LogP contribution in [-0.2, 0) is 14.3 Å². The molecule has 3 aliphatic rings. The van der Waals surface area contributed by atoms with Crippen molar-refractivity contribution in [3.63, 3.8) is 0 Å². The first-order chi connectivity index (χ1) is 7.20. The number of hydrogen-bond acceptors (Lipinski definition) is 3. The number of rotatable bonds is 2. The monoisotopic (exact) mass is 204 g/mol. The van der Waals surface area contributed by atoms with E-state index in [0.717, 1.165) is 6.42 Å². The maximum absolute atomic E-state index is 11.8. The van der Waals surface area contributed by atoms with Crippen LogP contribution in [-0.4, -0.2) is 11.9 Å². The van der Waals surface area contributed by atoms with Gasteiger partial charge in [0.2, 0.25) is 0 Å². The molecule has 0 N–H and O–H groups in total. The standard InChI is InChI=1S/C12H12O3/c1-2-5-12-8-4-3-7(6-8)9(12)10(13)15-11(12)14/h2-4,7-9H,1,5-6H2. The van der Waals surface area contributed by atoms with Gasteiger partial charge >= 0.3 is 11.9 Å². The number of carbonyl (C=O) groups excluding carboxylic acids is 2. The summed E-state index contributed by atoms with van der Waals surface area (Å²) in [5.41, 5.74) is -0.613. The maximum Gasteiger partial charge on any atom is 0.321 e. The molecule has 2 fully saturated rings. The lowest BCUT2D eigenvalue weighted by molar-refractivity contribution is -0.156. The molecule has 0 amide bonds. The van der Waals surface area contributed by atoms with Gasteiger partial charge in [0.05, 0.1) is 11.3 Å². The maximum atomic E-state index is 11.8. The second-order valence-corrected chi connectivity index (χ2v) is 4.61. The molecule has 3 heteroatoms. The molecule has 78 valence electrons. The lowest BCUT2D eigenvalue weighted by atomic mass is 9.68. The van der Waals surface area contributed by atoms with E-state index < -0.39 is 5.41 Å². The van der Waals surface area contributed by atoms with Crippen molar-refractivity contribution in [1.29, 1.82) is 0 Å². The molecule has 4 unspecified atom stereocenters. The summed E-state index contributed by atoms with van der Waals surface area (Å²) < 4.78 is 4.80. The van der Waals surface area contributed by atoms with Gasteiger partial charge in [-0.1, -0.05) is 18.2 Å². The van der Waals surface area contributed by atoms with E-state index in [9.17, 15) is 9.59 Å². The lowest BCUT2D eigenvalue weighted by Gasteiger charge is -2.29. The van der Waals surface area contributed by atoms with Gasteiger partial charge in [-0.05, 0) is 24.7 Å². The average molecular weight is 204 g/mol. The van der Waals surface area contributed by atoms with Crippen molar-refractivity contribution in [1.82, 2.24) is 0 Å². The van der Waals surface area contributed by atoms with Gasteiger partial charge < -0.3 is 4.74 Å². The van der Waals surface area contributed by atoms with Gasteiger partial charge in [0.25, 0.3) is 0 Å². The van der Waals surface area contributed by atoms with Crippen molar-refractivity contribution < 1.29 is 14.3 Å². The van der Waals surface area contributed by atoms with Crippen LogP contribution in [0.3, 0.4) is 0 Å². The Balaban J connectivity index is 2.13. The second kappa shape index (κ2) is 2.60. The summed E-state index contributed by atoms with van der Waals surface area (Å²) in [5, 5.41) is 0. The Morgan fingerprint density at radius 3 is 3.07 bits per heavy atom. The van der Waals surface area contributed by atoms with Crippen molar-refractivity contribution >= 4 is 11.9 Å². The summed E-state index contributed by atoms with van der Waals surface area (Å²) in [4.78, 5) is 23.5. The lowest BCUT2D eigenvalue weighted by Crippen LogP contribution is -2.37. The highest BCUT2D eigenvalue weighted by atomic mass is 16.6. The van der Waals surface area contributed by atoms with E-state index in [1.807, 2.05) is 0 Å². The molecular weight excluding hydrogens is 192 g/mol. The van der Waals surface area contributed by atoms with E-state index in [1.54, 1.807) is 6.08 Å². The molecule has 3 rings (SSSR count). The predicted molar refractivity (Wildman–Crippen MR) is 52.6 cm³/mol. The van der Waals surface area contributed by atoms with Gasteiger partial charge in [-0.2, -0.15) is 0 Å². The molecule has 4 atom stereocenters. The van der Waals surface area contributed by atoms with Gasteiger partial charge in [0, 0.05) is 0 Å². The number of ether oxygens (including phenoxy) is 1. The largest absolute Gasteiger partial charge is 0.392 e. The van der Waals surface area contributed by atoms with Crippen molar-refractivity contribution in [3.8, 4) is 0 Å². The van der Waals surface area contributed by atoms with E-state index in [1.165, 1.54) is 0 Å². The summed E-state index contributed by atoms with van der Waals surface area (Å²) in [7, 11) is 0. The number of esters is 2. The fourth-order valence-electron chi connectivity index (χ4n) is 3.48. The Labute approximate surface area is 87.8 Å². The van der Waals surface area contributed by atoms with Crippen molar-refractivity contribution in [2.75, 3.05) is 0 Å². The number of fused-ring (bicyclic) bond motifs is 5. The van der Waals surface area contributed by atoms with Gasteiger partial charge in [-0.25, -0.2) is 0 Å². The van der Waals surface area contributed by atoms with Gasteiger partial charge in [0.1, 0.15) is 0 Å². The number of cyclic esters (lactones) is 2. The van der Waals surface area contributed by atoms with E-state index in [0.29, 0.717) is 6.42 Å². The fourth-order valence-corrected chi connectivity index (χ4v) is 3.48. The number of allylic oxidation sites excluding steroid dienone is 3. The third-order valence-corrected chi connectivity index (χ3v) is 4.07. The van der Waals surface area contributed by atoms with Gasteiger partial charge in [-0.3, -0.25) is 9.59 Å². The van der Waals surface area contributed by atoms with Crippen LogP contribution in [0.25, 0.3) is 0 Å². The summed E-state index contributed by atoms with van der Waals surface area (Å²) in [6, 6.07) is 0. The van der Waals surface area contributed by atoms with Gasteiger partial charge in [-0.15, -0.1) is 6.58 Å². The summed E-state index contributed by atoms with van der Waals surface area (Å²) in [5.74, 6) is -0.552. The Hall–Kier alpha value is -1.38. The third-order valence-electron chi connectivity index (χ3n) is 4.07.